The van der Waals surface area contributed by atoms with Gasteiger partial charge in [-0.15, -0.1) is 0 Å². The van der Waals surface area contributed by atoms with Gasteiger partial charge in [0.1, 0.15) is 12.4 Å². The molecule has 7 heteroatoms. The van der Waals surface area contributed by atoms with Crippen molar-refractivity contribution >= 4 is 17.8 Å². The van der Waals surface area contributed by atoms with E-state index in [2.05, 4.69) is 10.5 Å². The number of methoxy groups -OCH3 is 2. The second-order valence-electron chi connectivity index (χ2n) is 6.47. The molecule has 0 unspecified atom stereocenters. The second kappa shape index (κ2) is 11.3. The predicted octanol–water partition coefficient (Wildman–Crippen LogP) is 4.27. The number of oxime groups is 1. The van der Waals surface area contributed by atoms with Gasteiger partial charge in [-0.1, -0.05) is 41.6 Å². The molecule has 0 saturated carbocycles. The first kappa shape index (κ1) is 21.7. The van der Waals surface area contributed by atoms with Crippen molar-refractivity contribution in [3.8, 4) is 17.2 Å². The van der Waals surface area contributed by atoms with Crippen LogP contribution >= 0.6 is 0 Å². The van der Waals surface area contributed by atoms with E-state index in [-0.39, 0.29) is 12.5 Å². The van der Waals surface area contributed by atoms with Gasteiger partial charge >= 0.3 is 0 Å². The lowest BCUT2D eigenvalue weighted by atomic mass is 10.2. The average molecular weight is 420 g/mol. The molecule has 0 spiro atoms. The summed E-state index contributed by atoms with van der Waals surface area (Å²) in [6.07, 6.45) is 1.51. The number of hydrogen-bond acceptors (Lipinski definition) is 6. The molecule has 3 aromatic carbocycles. The molecule has 0 aliphatic heterocycles. The number of nitrogens with one attached hydrogen (secondary N) is 1. The first-order valence-corrected chi connectivity index (χ1v) is 9.62. The van der Waals surface area contributed by atoms with Crippen LogP contribution < -0.4 is 19.5 Å². The first-order valence-electron chi connectivity index (χ1n) is 9.62. The third-order valence-corrected chi connectivity index (χ3v) is 4.25. The van der Waals surface area contributed by atoms with Crippen molar-refractivity contribution in [2.24, 2.45) is 5.16 Å². The van der Waals surface area contributed by atoms with Crippen molar-refractivity contribution < 1.29 is 23.8 Å². The Balaban J connectivity index is 1.53. The molecular weight excluding hydrogens is 396 g/mol. The Morgan fingerprint density at radius 1 is 0.935 bits per heavy atom. The fourth-order valence-electron chi connectivity index (χ4n) is 2.71. The highest BCUT2D eigenvalue weighted by atomic mass is 16.6. The summed E-state index contributed by atoms with van der Waals surface area (Å²) in [4.78, 5) is 17.1. The van der Waals surface area contributed by atoms with Crippen molar-refractivity contribution in [2.45, 2.75) is 6.61 Å². The van der Waals surface area contributed by atoms with Gasteiger partial charge in [-0.05, 0) is 35.9 Å². The van der Waals surface area contributed by atoms with Crippen molar-refractivity contribution in [3.05, 3.63) is 83.9 Å². The molecule has 3 aromatic rings. The summed E-state index contributed by atoms with van der Waals surface area (Å²) in [5, 5.41) is 6.58. The van der Waals surface area contributed by atoms with E-state index in [9.17, 15) is 4.79 Å². The fourth-order valence-corrected chi connectivity index (χ4v) is 2.71. The number of benzene rings is 3. The number of hydrogen-bond donors (Lipinski definition) is 1. The van der Waals surface area contributed by atoms with Crippen molar-refractivity contribution in [2.75, 3.05) is 26.1 Å². The lowest BCUT2D eigenvalue weighted by Gasteiger charge is -2.11. The average Bonchev–Trinajstić information content (AvgIpc) is 2.81. The minimum absolute atomic E-state index is 0.221. The topological polar surface area (TPSA) is 78.4 Å². The summed E-state index contributed by atoms with van der Waals surface area (Å²) in [7, 11) is 3.15. The van der Waals surface area contributed by atoms with E-state index >= 15 is 0 Å². The Morgan fingerprint density at radius 2 is 1.77 bits per heavy atom. The Labute approximate surface area is 181 Å². The molecule has 160 valence electrons. The second-order valence-corrected chi connectivity index (χ2v) is 6.47. The van der Waals surface area contributed by atoms with E-state index in [1.54, 1.807) is 50.6 Å². The summed E-state index contributed by atoms with van der Waals surface area (Å²) in [6, 6.07) is 22.3. The lowest BCUT2D eigenvalue weighted by molar-refractivity contribution is -0.120. The Hall–Kier alpha value is -4.00. The van der Waals surface area contributed by atoms with Crippen LogP contribution in [0.15, 0.2) is 78.0 Å². The third-order valence-electron chi connectivity index (χ3n) is 4.25. The van der Waals surface area contributed by atoms with Gasteiger partial charge < -0.3 is 24.4 Å². The molecular formula is C24H24N2O5. The molecule has 7 nitrogen and oxygen atoms in total. The number of rotatable bonds is 10. The van der Waals surface area contributed by atoms with Crippen LogP contribution in [-0.4, -0.2) is 32.9 Å². The van der Waals surface area contributed by atoms with Gasteiger partial charge in [0.15, 0.2) is 18.1 Å². The summed E-state index contributed by atoms with van der Waals surface area (Å²) < 4.78 is 16.4. The molecule has 31 heavy (non-hydrogen) atoms. The van der Waals surface area contributed by atoms with E-state index in [4.69, 9.17) is 19.0 Å². The molecule has 0 atom stereocenters. The molecule has 0 aromatic heterocycles. The van der Waals surface area contributed by atoms with Crippen molar-refractivity contribution in [1.82, 2.24) is 0 Å². The van der Waals surface area contributed by atoms with Crippen LogP contribution in [0.4, 0.5) is 5.69 Å². The fraction of sp³-hybridized carbons (Fsp3) is 0.167. The number of carbonyl (C=O) groups excluding carboxylic acids is 1. The maximum atomic E-state index is 12.0. The van der Waals surface area contributed by atoms with Crippen LogP contribution in [0.2, 0.25) is 0 Å². The minimum Gasteiger partial charge on any atom is -0.497 e. The SMILES string of the molecule is COc1cccc(NC(=O)CO/N=C/c2ccc(OC)c(OCc3ccccc3)c2)c1. The largest absolute Gasteiger partial charge is 0.497 e. The van der Waals surface area contributed by atoms with Gasteiger partial charge in [0.2, 0.25) is 0 Å². The molecule has 0 radical (unpaired) electrons. The van der Waals surface area contributed by atoms with Crippen LogP contribution in [0.25, 0.3) is 0 Å². The van der Waals surface area contributed by atoms with Gasteiger partial charge in [0, 0.05) is 17.3 Å². The van der Waals surface area contributed by atoms with Crippen LogP contribution in [0.1, 0.15) is 11.1 Å². The van der Waals surface area contributed by atoms with Gasteiger partial charge in [-0.2, -0.15) is 0 Å². The summed E-state index contributed by atoms with van der Waals surface area (Å²) >= 11 is 0. The third kappa shape index (κ3) is 6.78. The molecule has 0 saturated heterocycles. The van der Waals surface area contributed by atoms with Gasteiger partial charge in [0.25, 0.3) is 5.91 Å². The highest BCUT2D eigenvalue weighted by Crippen LogP contribution is 2.28. The number of ether oxygens (including phenoxy) is 3. The quantitative estimate of drug-likeness (QED) is 0.391. The zero-order valence-electron chi connectivity index (χ0n) is 17.4. The number of amides is 1. The van der Waals surface area contributed by atoms with Crippen molar-refractivity contribution in [3.63, 3.8) is 0 Å². The summed E-state index contributed by atoms with van der Waals surface area (Å²) in [6.45, 7) is 0.194. The van der Waals surface area contributed by atoms with E-state index in [1.807, 2.05) is 36.4 Å². The van der Waals surface area contributed by atoms with E-state index in [1.165, 1.54) is 6.21 Å². The molecule has 0 aliphatic rings. The van der Waals surface area contributed by atoms with E-state index < -0.39 is 0 Å². The number of nitrogens with zero attached hydrogens (tertiary/aromatic N) is 1. The highest BCUT2D eigenvalue weighted by molar-refractivity contribution is 5.92. The summed E-state index contributed by atoms with van der Waals surface area (Å²) in [5.41, 5.74) is 2.42. The van der Waals surface area contributed by atoms with Crippen LogP contribution in [0, 0.1) is 0 Å². The predicted molar refractivity (Wildman–Crippen MR) is 119 cm³/mol. The Bertz CT molecular complexity index is 1020. The zero-order chi connectivity index (χ0) is 21.9. The maximum absolute atomic E-state index is 12.0. The van der Waals surface area contributed by atoms with Gasteiger partial charge in [-0.25, -0.2) is 0 Å². The number of carbonyl (C=O) groups is 1. The normalized spacial score (nSPS) is 10.5. The van der Waals surface area contributed by atoms with Crippen LogP contribution in [0.3, 0.4) is 0 Å². The van der Waals surface area contributed by atoms with Gasteiger partial charge in [-0.3, -0.25) is 4.79 Å². The van der Waals surface area contributed by atoms with Crippen molar-refractivity contribution in [1.29, 1.82) is 0 Å². The molecule has 3 rings (SSSR count). The number of anilines is 1. The Morgan fingerprint density at radius 3 is 2.55 bits per heavy atom. The molecule has 1 N–H and O–H groups in total. The van der Waals surface area contributed by atoms with Crippen LogP contribution in [-0.2, 0) is 16.2 Å². The molecule has 0 heterocycles. The summed E-state index contributed by atoms with van der Waals surface area (Å²) in [5.74, 6) is 1.53. The smallest absolute Gasteiger partial charge is 0.265 e. The monoisotopic (exact) mass is 420 g/mol. The van der Waals surface area contributed by atoms with Gasteiger partial charge in [0.05, 0.1) is 20.4 Å². The highest BCUT2D eigenvalue weighted by Gasteiger charge is 2.07. The standard InChI is InChI=1S/C24H24N2O5/c1-28-21-10-6-9-20(14-21)26-24(27)17-31-25-15-19-11-12-22(29-2)23(13-19)30-16-18-7-4-3-5-8-18/h3-15H,16-17H2,1-2H3,(H,26,27)/b25-15+. The first-order chi connectivity index (χ1) is 15.2. The minimum atomic E-state index is -0.327. The van der Waals surface area contributed by atoms with Crippen LogP contribution in [0.5, 0.6) is 17.2 Å². The molecule has 1 amide bonds. The zero-order valence-corrected chi connectivity index (χ0v) is 17.4. The molecule has 0 bridgehead atoms. The lowest BCUT2D eigenvalue weighted by Crippen LogP contribution is -2.16. The van der Waals surface area contributed by atoms with E-state index in [0.717, 1.165) is 11.1 Å². The molecule has 0 aliphatic carbocycles. The van der Waals surface area contributed by atoms with E-state index in [0.29, 0.717) is 29.5 Å². The maximum Gasteiger partial charge on any atom is 0.265 e. The Kier molecular flexibility index (Phi) is 7.88. The molecule has 0 fully saturated rings.